The van der Waals surface area contributed by atoms with E-state index in [1.807, 2.05) is 19.9 Å². The minimum absolute atomic E-state index is 0.257. The van der Waals surface area contributed by atoms with Crippen molar-refractivity contribution in [1.29, 1.82) is 0 Å². The van der Waals surface area contributed by atoms with Gasteiger partial charge in [0, 0.05) is 18.5 Å². The lowest BCUT2D eigenvalue weighted by molar-refractivity contribution is -0.119. The van der Waals surface area contributed by atoms with Crippen LogP contribution >= 0.6 is 0 Å². The summed E-state index contributed by atoms with van der Waals surface area (Å²) in [4.78, 5) is 10.9. The Morgan fingerprint density at radius 2 is 1.88 bits per heavy atom. The number of carbonyl (C=O) groups is 1. The highest BCUT2D eigenvalue weighted by Crippen LogP contribution is 2.13. The van der Waals surface area contributed by atoms with Crippen LogP contribution in [0, 0.1) is 0 Å². The van der Waals surface area contributed by atoms with Crippen LogP contribution in [0.1, 0.15) is 38.3 Å². The number of nitrogens with two attached hydrogens (primary N) is 1. The van der Waals surface area contributed by atoms with Gasteiger partial charge in [0.25, 0.3) is 0 Å². The van der Waals surface area contributed by atoms with Crippen molar-refractivity contribution < 1.29 is 4.79 Å². The Balaban J connectivity index is 2.63. The Labute approximate surface area is 103 Å². The minimum atomic E-state index is -0.272. The molecule has 0 heterocycles. The number of rotatable bonds is 6. The molecule has 0 fully saturated rings. The average molecular weight is 234 g/mol. The van der Waals surface area contributed by atoms with Crippen LogP contribution in [0.4, 0.5) is 0 Å². The maximum absolute atomic E-state index is 10.9. The van der Waals surface area contributed by atoms with Crippen molar-refractivity contribution in [3.8, 4) is 0 Å². The highest BCUT2D eigenvalue weighted by atomic mass is 16.1. The maximum atomic E-state index is 10.9. The third kappa shape index (κ3) is 4.57. The molecule has 0 aliphatic heterocycles. The number of hydrogen-bond acceptors (Lipinski definition) is 2. The molecule has 0 bridgehead atoms. The largest absolute Gasteiger partial charge is 0.370 e. The van der Waals surface area contributed by atoms with Gasteiger partial charge in [-0.25, -0.2) is 0 Å². The Morgan fingerprint density at radius 3 is 2.41 bits per heavy atom. The highest BCUT2D eigenvalue weighted by Gasteiger charge is 2.19. The monoisotopic (exact) mass is 234 g/mol. The summed E-state index contributed by atoms with van der Waals surface area (Å²) in [6, 6.07) is 8.35. The number of aryl methyl sites for hydroxylation is 1. The average Bonchev–Trinajstić information content (AvgIpc) is 2.25. The predicted octanol–water partition coefficient (Wildman–Crippen LogP) is 1.99. The fourth-order valence-electron chi connectivity index (χ4n) is 1.91. The van der Waals surface area contributed by atoms with Gasteiger partial charge < -0.3 is 11.1 Å². The third-order valence-electron chi connectivity index (χ3n) is 2.87. The molecule has 0 spiro atoms. The van der Waals surface area contributed by atoms with Crippen molar-refractivity contribution in [2.75, 3.05) is 0 Å². The van der Waals surface area contributed by atoms with E-state index in [2.05, 4.69) is 30.4 Å². The zero-order chi connectivity index (χ0) is 12.9. The van der Waals surface area contributed by atoms with Gasteiger partial charge in [-0.15, -0.1) is 0 Å². The Morgan fingerprint density at radius 1 is 1.29 bits per heavy atom. The van der Waals surface area contributed by atoms with Gasteiger partial charge in [-0.1, -0.05) is 31.2 Å². The third-order valence-corrected chi connectivity index (χ3v) is 2.87. The van der Waals surface area contributed by atoms with E-state index in [9.17, 15) is 4.79 Å². The van der Waals surface area contributed by atoms with Crippen LogP contribution in [-0.4, -0.2) is 11.4 Å². The van der Waals surface area contributed by atoms with Crippen LogP contribution in [0.2, 0.25) is 0 Å². The van der Waals surface area contributed by atoms with E-state index in [0.717, 1.165) is 13.0 Å². The molecule has 1 aromatic rings. The summed E-state index contributed by atoms with van der Waals surface area (Å²) >= 11 is 0. The molecular formula is C14H22N2O. The van der Waals surface area contributed by atoms with E-state index in [4.69, 9.17) is 5.73 Å². The predicted molar refractivity (Wildman–Crippen MR) is 70.6 cm³/mol. The van der Waals surface area contributed by atoms with Gasteiger partial charge in [-0.3, -0.25) is 4.79 Å². The second-order valence-electron chi connectivity index (χ2n) is 5.00. The molecular weight excluding hydrogens is 212 g/mol. The molecule has 1 rings (SSSR count). The fraction of sp³-hybridized carbons (Fsp3) is 0.500. The van der Waals surface area contributed by atoms with Crippen LogP contribution in [0.3, 0.4) is 0 Å². The van der Waals surface area contributed by atoms with Crippen LogP contribution in [0.5, 0.6) is 0 Å². The summed E-state index contributed by atoms with van der Waals surface area (Å²) in [5.74, 6) is -0.272. The molecule has 0 atom stereocenters. The molecule has 3 nitrogen and oxygen atoms in total. The quantitative estimate of drug-likeness (QED) is 0.791. The Hall–Kier alpha value is -1.35. The van der Waals surface area contributed by atoms with Crippen molar-refractivity contribution in [2.24, 2.45) is 5.73 Å². The van der Waals surface area contributed by atoms with Crippen molar-refractivity contribution in [2.45, 2.75) is 45.7 Å². The van der Waals surface area contributed by atoms with Crippen molar-refractivity contribution in [1.82, 2.24) is 5.32 Å². The number of nitrogens with one attached hydrogen (secondary N) is 1. The van der Waals surface area contributed by atoms with Crippen molar-refractivity contribution >= 4 is 5.91 Å². The normalized spacial score (nSPS) is 11.5. The lowest BCUT2D eigenvalue weighted by Crippen LogP contribution is -2.42. The fourth-order valence-corrected chi connectivity index (χ4v) is 1.91. The zero-order valence-electron chi connectivity index (χ0n) is 10.9. The summed E-state index contributed by atoms with van der Waals surface area (Å²) in [7, 11) is 0. The molecule has 17 heavy (non-hydrogen) atoms. The van der Waals surface area contributed by atoms with Gasteiger partial charge in [0.1, 0.15) is 0 Å². The molecule has 0 aromatic heterocycles. The van der Waals surface area contributed by atoms with E-state index in [1.165, 1.54) is 11.1 Å². The van der Waals surface area contributed by atoms with Crippen LogP contribution in [0.25, 0.3) is 0 Å². The number of primary amides is 1. The lowest BCUT2D eigenvalue weighted by Gasteiger charge is -2.25. The van der Waals surface area contributed by atoms with E-state index < -0.39 is 0 Å². The Bertz CT molecular complexity index is 386. The Kier molecular flexibility index (Phi) is 4.70. The molecule has 0 unspecified atom stereocenters. The summed E-state index contributed by atoms with van der Waals surface area (Å²) < 4.78 is 0. The summed E-state index contributed by atoms with van der Waals surface area (Å²) in [5.41, 5.74) is 7.59. The van der Waals surface area contributed by atoms with Crippen LogP contribution in [0.15, 0.2) is 24.3 Å². The highest BCUT2D eigenvalue weighted by molar-refractivity contribution is 5.74. The smallest absolute Gasteiger partial charge is 0.219 e. The van der Waals surface area contributed by atoms with Gasteiger partial charge in [0.2, 0.25) is 5.91 Å². The van der Waals surface area contributed by atoms with E-state index >= 15 is 0 Å². The van der Waals surface area contributed by atoms with E-state index in [-0.39, 0.29) is 11.4 Å². The van der Waals surface area contributed by atoms with Crippen LogP contribution in [-0.2, 0) is 17.8 Å². The molecule has 1 aromatic carbocycles. The standard InChI is InChI=1S/C14H22N2O/c1-4-11-7-5-6-8-12(11)10-16-14(2,3)9-13(15)17/h5-8,16H,4,9-10H2,1-3H3,(H2,15,17). The molecule has 3 heteroatoms. The first kappa shape index (κ1) is 13.7. The number of amides is 1. The lowest BCUT2D eigenvalue weighted by atomic mass is 9.98. The van der Waals surface area contributed by atoms with Gasteiger partial charge in [-0.2, -0.15) is 0 Å². The molecule has 94 valence electrons. The topological polar surface area (TPSA) is 55.1 Å². The first-order chi connectivity index (χ1) is 7.94. The molecule has 3 N–H and O–H groups in total. The molecule has 0 radical (unpaired) electrons. The molecule has 1 amide bonds. The first-order valence-corrected chi connectivity index (χ1v) is 6.05. The van der Waals surface area contributed by atoms with Gasteiger partial charge in [0.15, 0.2) is 0 Å². The molecule has 0 aliphatic carbocycles. The molecule has 0 aliphatic rings. The second kappa shape index (κ2) is 5.82. The minimum Gasteiger partial charge on any atom is -0.370 e. The molecule has 0 saturated carbocycles. The maximum Gasteiger partial charge on any atom is 0.219 e. The summed E-state index contributed by atoms with van der Waals surface area (Å²) in [5, 5.41) is 3.38. The summed E-state index contributed by atoms with van der Waals surface area (Å²) in [6.45, 7) is 6.90. The second-order valence-corrected chi connectivity index (χ2v) is 5.00. The zero-order valence-corrected chi connectivity index (χ0v) is 10.9. The van der Waals surface area contributed by atoms with Gasteiger partial charge in [-0.05, 0) is 31.4 Å². The van der Waals surface area contributed by atoms with E-state index in [0.29, 0.717) is 6.42 Å². The SMILES string of the molecule is CCc1ccccc1CNC(C)(C)CC(N)=O. The van der Waals surface area contributed by atoms with Gasteiger partial charge >= 0.3 is 0 Å². The van der Waals surface area contributed by atoms with Crippen molar-refractivity contribution in [3.63, 3.8) is 0 Å². The van der Waals surface area contributed by atoms with Crippen molar-refractivity contribution in [3.05, 3.63) is 35.4 Å². The first-order valence-electron chi connectivity index (χ1n) is 6.05. The van der Waals surface area contributed by atoms with Crippen LogP contribution < -0.4 is 11.1 Å². The van der Waals surface area contributed by atoms with Gasteiger partial charge in [0.05, 0.1) is 0 Å². The van der Waals surface area contributed by atoms with E-state index in [1.54, 1.807) is 0 Å². The number of benzene rings is 1. The number of carbonyl (C=O) groups excluding carboxylic acids is 1. The summed E-state index contributed by atoms with van der Waals surface area (Å²) in [6.07, 6.45) is 1.37. The number of hydrogen-bond donors (Lipinski definition) is 2. The molecule has 0 saturated heterocycles.